The molecule has 106 valence electrons. The highest BCUT2D eigenvalue weighted by atomic mass is 16.1. The Morgan fingerprint density at radius 3 is 2.36 bits per heavy atom. The monoisotopic (exact) mass is 287 g/mol. The summed E-state index contributed by atoms with van der Waals surface area (Å²) in [6.45, 7) is 1.94. The fourth-order valence-electron chi connectivity index (χ4n) is 1.88. The molecular formula is C18H13N3O. The van der Waals surface area contributed by atoms with Gasteiger partial charge in [-0.3, -0.25) is 10.7 Å². The van der Waals surface area contributed by atoms with Crippen molar-refractivity contribution in [1.82, 2.24) is 0 Å². The zero-order chi connectivity index (χ0) is 15.9. The summed E-state index contributed by atoms with van der Waals surface area (Å²) in [5, 5.41) is 17.9. The number of pyridine rings is 1. The Labute approximate surface area is 128 Å². The molecule has 0 amide bonds. The number of nitriles is 1. The lowest BCUT2D eigenvalue weighted by molar-refractivity contribution is -0.576. The van der Waals surface area contributed by atoms with Crippen LogP contribution < -0.4 is 4.57 Å². The van der Waals surface area contributed by atoms with Gasteiger partial charge in [-0.1, -0.05) is 30.3 Å². The topological polar surface area (TPSA) is 67.0 Å². The van der Waals surface area contributed by atoms with Gasteiger partial charge >= 0.3 is 0 Å². The van der Waals surface area contributed by atoms with Crippen LogP contribution >= 0.6 is 0 Å². The maximum absolute atomic E-state index is 12.7. The van der Waals surface area contributed by atoms with Gasteiger partial charge < -0.3 is 5.41 Å². The van der Waals surface area contributed by atoms with Crippen LogP contribution in [0.2, 0.25) is 0 Å². The first-order valence-corrected chi connectivity index (χ1v) is 6.62. The van der Waals surface area contributed by atoms with Gasteiger partial charge in [-0.15, -0.1) is 0 Å². The molecule has 0 aliphatic heterocycles. The third-order valence-corrected chi connectivity index (χ3v) is 3.06. The number of carbonyl (C=O) groups excluding carboxylic acids is 1. The molecule has 2 aromatic rings. The van der Waals surface area contributed by atoms with Gasteiger partial charge in [-0.2, -0.15) is 9.83 Å². The van der Waals surface area contributed by atoms with E-state index < -0.39 is 0 Å². The van der Waals surface area contributed by atoms with E-state index in [0.29, 0.717) is 5.56 Å². The molecule has 0 fully saturated rings. The summed E-state index contributed by atoms with van der Waals surface area (Å²) in [5.74, 6) is 1.53. The Morgan fingerprint density at radius 1 is 1.18 bits per heavy atom. The summed E-state index contributed by atoms with van der Waals surface area (Å²) in [4.78, 5) is 12.7. The van der Waals surface area contributed by atoms with Gasteiger partial charge in [0.2, 0.25) is 0 Å². The van der Waals surface area contributed by atoms with E-state index in [2.05, 4.69) is 0 Å². The number of rotatable bonds is 4. The third kappa shape index (κ3) is 3.43. The van der Waals surface area contributed by atoms with E-state index in [-0.39, 0.29) is 17.1 Å². The maximum atomic E-state index is 12.7. The van der Waals surface area contributed by atoms with Crippen molar-refractivity contribution in [1.29, 1.82) is 5.26 Å². The molecule has 0 saturated heterocycles. The van der Waals surface area contributed by atoms with Crippen molar-refractivity contribution in [2.75, 3.05) is 0 Å². The molecule has 0 atom stereocenters. The Hall–Kier alpha value is -3.28. The molecule has 0 saturated carbocycles. The lowest BCUT2D eigenvalue weighted by atomic mass is 10.1. The van der Waals surface area contributed by atoms with Crippen LogP contribution in [0.1, 0.15) is 15.9 Å². The second-order valence-electron chi connectivity index (χ2n) is 4.64. The molecule has 2 rings (SSSR count). The number of hydrogen-bond acceptors (Lipinski definition) is 2. The SMILES string of the molecule is Cc1cc[n+](/C(=C\C(=C=[N-])C#N)C(=O)c2ccccc2)cc1. The standard InChI is InChI=1S/C18H13N3O/c1-14-7-9-21(10-8-14)17(11-15(12-19)13-20)18(22)16-5-3-2-4-6-16/h2-11H,1H3/b17-11-. The van der Waals surface area contributed by atoms with E-state index in [0.717, 1.165) is 5.56 Å². The molecule has 1 aromatic carbocycles. The van der Waals surface area contributed by atoms with Crippen LogP contribution in [0.25, 0.3) is 11.1 Å². The Kier molecular flexibility index (Phi) is 4.77. The molecule has 1 aromatic heterocycles. The minimum atomic E-state index is -0.252. The molecule has 1 heterocycles. The smallest absolute Gasteiger partial charge is 0.260 e. The number of Topliss-reactive ketones (excluding diaryl/α,β-unsaturated/α-hetero) is 1. The predicted molar refractivity (Wildman–Crippen MR) is 83.9 cm³/mol. The van der Waals surface area contributed by atoms with Crippen LogP contribution in [0.4, 0.5) is 0 Å². The van der Waals surface area contributed by atoms with Crippen LogP contribution in [0.15, 0.2) is 66.5 Å². The summed E-state index contributed by atoms with van der Waals surface area (Å²) in [5.41, 5.74) is 1.68. The van der Waals surface area contributed by atoms with E-state index in [1.807, 2.05) is 25.1 Å². The second-order valence-corrected chi connectivity index (χ2v) is 4.64. The molecule has 0 spiro atoms. The van der Waals surface area contributed by atoms with E-state index in [1.165, 1.54) is 6.08 Å². The van der Waals surface area contributed by atoms with Crippen LogP contribution in [0.5, 0.6) is 0 Å². The number of allylic oxidation sites excluding steroid dienone is 3. The number of benzene rings is 1. The first kappa shape index (κ1) is 15.1. The summed E-state index contributed by atoms with van der Waals surface area (Å²) >= 11 is 0. The molecule has 0 radical (unpaired) electrons. The van der Waals surface area contributed by atoms with Crippen LogP contribution in [0, 0.1) is 18.3 Å². The van der Waals surface area contributed by atoms with Crippen molar-refractivity contribution >= 4 is 17.4 Å². The molecule has 0 aliphatic carbocycles. The van der Waals surface area contributed by atoms with Crippen LogP contribution in [-0.2, 0) is 0 Å². The minimum absolute atomic E-state index is 0.118. The van der Waals surface area contributed by atoms with Crippen molar-refractivity contribution in [2.24, 2.45) is 0 Å². The largest absolute Gasteiger partial charge is 0.762 e. The van der Waals surface area contributed by atoms with Gasteiger partial charge in [-0.05, 0) is 12.5 Å². The van der Waals surface area contributed by atoms with Crippen molar-refractivity contribution in [3.63, 3.8) is 0 Å². The molecule has 0 aliphatic rings. The van der Waals surface area contributed by atoms with E-state index >= 15 is 0 Å². The zero-order valence-corrected chi connectivity index (χ0v) is 12.0. The van der Waals surface area contributed by atoms with Crippen molar-refractivity contribution < 1.29 is 9.36 Å². The fraction of sp³-hybridized carbons (Fsp3) is 0.0556. The minimum Gasteiger partial charge on any atom is -0.762 e. The Morgan fingerprint density at radius 2 is 1.82 bits per heavy atom. The highest BCUT2D eigenvalue weighted by Crippen LogP contribution is 2.10. The molecule has 0 bridgehead atoms. The molecule has 4 nitrogen and oxygen atoms in total. The fourth-order valence-corrected chi connectivity index (χ4v) is 1.88. The third-order valence-electron chi connectivity index (χ3n) is 3.06. The van der Waals surface area contributed by atoms with Gasteiger partial charge in [0.1, 0.15) is 6.07 Å². The Balaban J connectivity index is 2.56. The first-order valence-electron chi connectivity index (χ1n) is 6.62. The number of aryl methyl sites for hydroxylation is 1. The molecular weight excluding hydrogens is 274 g/mol. The average Bonchev–Trinajstić information content (AvgIpc) is 2.57. The molecule has 22 heavy (non-hydrogen) atoms. The van der Waals surface area contributed by atoms with Gasteiger partial charge in [-0.25, -0.2) is 0 Å². The van der Waals surface area contributed by atoms with E-state index in [1.54, 1.807) is 53.2 Å². The number of aromatic nitrogens is 1. The zero-order valence-electron chi connectivity index (χ0n) is 12.0. The quantitative estimate of drug-likeness (QED) is 0.217. The second kappa shape index (κ2) is 6.94. The summed E-state index contributed by atoms with van der Waals surface area (Å²) in [7, 11) is 0. The number of ketones is 1. The summed E-state index contributed by atoms with van der Waals surface area (Å²) in [6, 6.07) is 14.2. The number of hydrogen-bond donors (Lipinski definition) is 0. The lowest BCUT2D eigenvalue weighted by Crippen LogP contribution is -2.35. The van der Waals surface area contributed by atoms with E-state index in [9.17, 15) is 4.79 Å². The maximum Gasteiger partial charge on any atom is 0.260 e. The van der Waals surface area contributed by atoms with Gasteiger partial charge in [0, 0.05) is 23.8 Å². The number of carbonyl (C=O) groups is 1. The number of nitrogens with zero attached hydrogens (tertiary/aromatic N) is 3. The highest BCUT2D eigenvalue weighted by molar-refractivity contribution is 6.22. The Bertz CT molecular complexity index is 806. The van der Waals surface area contributed by atoms with Gasteiger partial charge in [0.05, 0.1) is 5.57 Å². The van der Waals surface area contributed by atoms with Crippen LogP contribution in [-0.4, -0.2) is 11.7 Å². The predicted octanol–water partition coefficient (Wildman–Crippen LogP) is 2.70. The molecule has 0 N–H and O–H groups in total. The lowest BCUT2D eigenvalue weighted by Gasteiger charge is -2.02. The first-order chi connectivity index (χ1) is 10.7. The van der Waals surface area contributed by atoms with Gasteiger partial charge in [0.25, 0.3) is 11.5 Å². The van der Waals surface area contributed by atoms with Crippen molar-refractivity contribution in [3.8, 4) is 6.07 Å². The summed E-state index contributed by atoms with van der Waals surface area (Å²) < 4.78 is 1.61. The molecule has 0 unspecified atom stereocenters. The molecule has 4 heteroatoms. The van der Waals surface area contributed by atoms with E-state index in [4.69, 9.17) is 10.7 Å². The van der Waals surface area contributed by atoms with Crippen LogP contribution in [0.3, 0.4) is 0 Å². The normalized spacial score (nSPS) is 10.5. The van der Waals surface area contributed by atoms with Gasteiger partial charge in [0.15, 0.2) is 12.4 Å². The average molecular weight is 287 g/mol. The van der Waals surface area contributed by atoms with Crippen molar-refractivity contribution in [2.45, 2.75) is 6.92 Å². The highest BCUT2D eigenvalue weighted by Gasteiger charge is 2.21. The van der Waals surface area contributed by atoms with Crippen molar-refractivity contribution in [3.05, 3.63) is 83.0 Å². The summed E-state index contributed by atoms with van der Waals surface area (Å²) in [6.07, 6.45) is 4.77.